The summed E-state index contributed by atoms with van der Waals surface area (Å²) in [6.45, 7) is 6.56. The van der Waals surface area contributed by atoms with E-state index in [1.54, 1.807) is 0 Å². The van der Waals surface area contributed by atoms with Crippen LogP contribution in [0.1, 0.15) is 355 Å². The monoisotopic (exact) mass is 1100 g/mol. The summed E-state index contributed by atoms with van der Waals surface area (Å²) in [4.78, 5) is 38.3. The van der Waals surface area contributed by atoms with Crippen molar-refractivity contribution in [2.45, 2.75) is 361 Å². The normalized spacial score (nSPS) is 12.5. The first-order valence-corrected chi connectivity index (χ1v) is 34.4. The number of unbranched alkanes of at least 4 members (excludes halogenated alkanes) is 40. The third-order valence-electron chi connectivity index (χ3n) is 15.2. The van der Waals surface area contributed by atoms with E-state index in [0.29, 0.717) is 19.3 Å². The summed E-state index contributed by atoms with van der Waals surface area (Å²) in [5, 5.41) is 0. The average Bonchev–Trinajstić information content (AvgIpc) is 3.45. The van der Waals surface area contributed by atoms with E-state index in [9.17, 15) is 14.4 Å². The largest absolute Gasteiger partial charge is 0.462 e. The van der Waals surface area contributed by atoms with E-state index in [4.69, 9.17) is 14.2 Å². The smallest absolute Gasteiger partial charge is 0.306 e. The summed E-state index contributed by atoms with van der Waals surface area (Å²) in [5.74, 6) is -0.859. The Morgan fingerprint density at radius 3 is 0.772 bits per heavy atom. The zero-order valence-corrected chi connectivity index (χ0v) is 52.6. The van der Waals surface area contributed by atoms with E-state index in [1.807, 2.05) is 0 Å². The van der Waals surface area contributed by atoms with Crippen molar-refractivity contribution in [3.63, 3.8) is 0 Å². The molecule has 0 heterocycles. The van der Waals surface area contributed by atoms with Crippen molar-refractivity contribution >= 4 is 17.9 Å². The summed E-state index contributed by atoms with van der Waals surface area (Å²) < 4.78 is 17.0. The summed E-state index contributed by atoms with van der Waals surface area (Å²) in [6.07, 6.45) is 87.8. The van der Waals surface area contributed by atoms with E-state index >= 15 is 0 Å². The lowest BCUT2D eigenvalue weighted by Crippen LogP contribution is -2.30. The lowest BCUT2D eigenvalue weighted by molar-refractivity contribution is -0.167. The highest BCUT2D eigenvalue weighted by atomic mass is 16.6. The van der Waals surface area contributed by atoms with Crippen LogP contribution < -0.4 is 0 Å². The van der Waals surface area contributed by atoms with Crippen LogP contribution in [0.5, 0.6) is 0 Å². The lowest BCUT2D eigenvalue weighted by Gasteiger charge is -2.18. The van der Waals surface area contributed by atoms with Gasteiger partial charge in [0, 0.05) is 19.3 Å². The molecular weight excluding hydrogens is 973 g/mol. The highest BCUT2D eigenvalue weighted by Crippen LogP contribution is 2.17. The molecule has 0 N–H and O–H groups in total. The van der Waals surface area contributed by atoms with Gasteiger partial charge < -0.3 is 14.2 Å². The van der Waals surface area contributed by atoms with Crippen molar-refractivity contribution in [2.75, 3.05) is 13.2 Å². The number of esters is 3. The van der Waals surface area contributed by atoms with Crippen LogP contribution >= 0.6 is 0 Å². The maximum absolute atomic E-state index is 12.9. The van der Waals surface area contributed by atoms with Gasteiger partial charge in [-0.3, -0.25) is 14.4 Å². The molecule has 0 saturated carbocycles. The lowest BCUT2D eigenvalue weighted by atomic mass is 10.0. The molecule has 0 rings (SSSR count). The van der Waals surface area contributed by atoms with Crippen LogP contribution in [-0.4, -0.2) is 37.2 Å². The fraction of sp³-hybridized carbons (Fsp3) is 0.795. The second-order valence-corrected chi connectivity index (χ2v) is 23.1. The summed E-state index contributed by atoms with van der Waals surface area (Å²) in [7, 11) is 0. The van der Waals surface area contributed by atoms with Crippen molar-refractivity contribution in [3.8, 4) is 0 Å². The molecule has 0 spiro atoms. The van der Waals surface area contributed by atoms with Crippen molar-refractivity contribution < 1.29 is 28.6 Å². The van der Waals surface area contributed by atoms with Gasteiger partial charge in [-0.2, -0.15) is 0 Å². The molecule has 0 radical (unpaired) electrons. The fourth-order valence-electron chi connectivity index (χ4n) is 10.1. The van der Waals surface area contributed by atoms with E-state index in [1.165, 1.54) is 225 Å². The predicted octanol–water partition coefficient (Wildman–Crippen LogP) is 23.7. The van der Waals surface area contributed by atoms with Crippen LogP contribution in [0.3, 0.4) is 0 Å². The Bertz CT molecular complexity index is 1450. The van der Waals surface area contributed by atoms with Crippen LogP contribution in [0.15, 0.2) is 72.9 Å². The summed E-state index contributed by atoms with van der Waals surface area (Å²) >= 11 is 0. The second-order valence-electron chi connectivity index (χ2n) is 23.1. The van der Waals surface area contributed by atoms with Gasteiger partial charge in [0.25, 0.3) is 0 Å². The van der Waals surface area contributed by atoms with Gasteiger partial charge in [0.2, 0.25) is 0 Å². The number of rotatable bonds is 63. The Morgan fingerprint density at radius 2 is 0.494 bits per heavy atom. The number of carbonyl (C=O) groups is 3. The molecule has 0 bridgehead atoms. The highest BCUT2D eigenvalue weighted by Gasteiger charge is 2.19. The van der Waals surface area contributed by atoms with Crippen molar-refractivity contribution in [1.29, 1.82) is 0 Å². The predicted molar refractivity (Wildman–Crippen MR) is 344 cm³/mol. The van der Waals surface area contributed by atoms with Gasteiger partial charge in [-0.1, -0.05) is 318 Å². The maximum atomic E-state index is 12.9. The summed E-state index contributed by atoms with van der Waals surface area (Å²) in [6, 6.07) is 0. The van der Waals surface area contributed by atoms with Gasteiger partial charge in [0.1, 0.15) is 13.2 Å². The van der Waals surface area contributed by atoms with E-state index in [-0.39, 0.29) is 31.1 Å². The standard InChI is InChI=1S/C73H130O6/c1-4-7-10-13-16-19-22-24-26-28-30-32-34-35-36-37-39-40-42-44-46-48-51-54-57-60-63-66-72(75)78-69-70(68-77-71(74)65-62-59-56-53-50-21-18-15-12-9-6-3)79-73(76)67-64-61-58-55-52-49-47-45-43-41-38-33-31-29-27-25-23-20-17-14-11-8-5-2/h8,11,17,20,22,24-25,27-28,30-31,33,70H,4-7,9-10,12-16,18-19,21,23,26,29,32,34-69H2,1-3H3/b11-8-,20-17-,24-22-,27-25-,30-28-,33-31-. The molecule has 0 aromatic carbocycles. The molecule has 0 saturated heterocycles. The SMILES string of the molecule is CC/C=C\C/C=C\C/C=C\C/C=C\CCCCCCCCCCCCC(=O)OC(COC(=O)CCCCCCCCCCCCC)COC(=O)CCCCCCCCCCCCCCCCC/C=C\C/C=C\CCCCCCC. The minimum Gasteiger partial charge on any atom is -0.462 e. The van der Waals surface area contributed by atoms with Crippen LogP contribution in [0.2, 0.25) is 0 Å². The zero-order chi connectivity index (χ0) is 57.1. The number of hydrogen-bond acceptors (Lipinski definition) is 6. The number of hydrogen-bond donors (Lipinski definition) is 0. The maximum Gasteiger partial charge on any atom is 0.306 e. The minimum atomic E-state index is -0.776. The molecule has 0 aromatic rings. The molecule has 0 aliphatic carbocycles. The van der Waals surface area contributed by atoms with Gasteiger partial charge in [0.05, 0.1) is 0 Å². The minimum absolute atomic E-state index is 0.0728. The first-order valence-electron chi connectivity index (χ1n) is 34.4. The topological polar surface area (TPSA) is 78.9 Å². The Hall–Kier alpha value is -3.15. The van der Waals surface area contributed by atoms with Crippen LogP contribution in [0.25, 0.3) is 0 Å². The molecule has 79 heavy (non-hydrogen) atoms. The third kappa shape index (κ3) is 65.5. The van der Waals surface area contributed by atoms with Crippen molar-refractivity contribution in [2.24, 2.45) is 0 Å². The Morgan fingerprint density at radius 1 is 0.266 bits per heavy atom. The number of allylic oxidation sites excluding steroid dienone is 12. The molecular formula is C73H130O6. The van der Waals surface area contributed by atoms with Gasteiger partial charge >= 0.3 is 17.9 Å². The Balaban J connectivity index is 4.21. The van der Waals surface area contributed by atoms with E-state index < -0.39 is 6.10 Å². The average molecular weight is 1100 g/mol. The molecule has 458 valence electrons. The van der Waals surface area contributed by atoms with Gasteiger partial charge in [-0.25, -0.2) is 0 Å². The van der Waals surface area contributed by atoms with Gasteiger partial charge in [-0.15, -0.1) is 0 Å². The van der Waals surface area contributed by atoms with E-state index in [0.717, 1.165) is 89.9 Å². The number of carbonyl (C=O) groups excluding carboxylic acids is 3. The first-order chi connectivity index (χ1) is 39.0. The Labute approximate surface area is 491 Å². The van der Waals surface area contributed by atoms with Crippen molar-refractivity contribution in [3.05, 3.63) is 72.9 Å². The molecule has 6 heteroatoms. The molecule has 0 aliphatic heterocycles. The third-order valence-corrected chi connectivity index (χ3v) is 15.2. The van der Waals surface area contributed by atoms with E-state index in [2.05, 4.69) is 93.7 Å². The molecule has 1 atom stereocenters. The molecule has 6 nitrogen and oxygen atoms in total. The fourth-order valence-corrected chi connectivity index (χ4v) is 10.1. The quantitative estimate of drug-likeness (QED) is 0.0261. The summed E-state index contributed by atoms with van der Waals surface area (Å²) in [5.41, 5.74) is 0. The zero-order valence-electron chi connectivity index (χ0n) is 52.6. The molecule has 0 fully saturated rings. The number of ether oxygens (including phenoxy) is 3. The van der Waals surface area contributed by atoms with Crippen LogP contribution in [-0.2, 0) is 28.6 Å². The van der Waals surface area contributed by atoms with Crippen LogP contribution in [0, 0.1) is 0 Å². The highest BCUT2D eigenvalue weighted by molar-refractivity contribution is 5.71. The first kappa shape index (κ1) is 75.8. The Kier molecular flexibility index (Phi) is 64.7. The van der Waals surface area contributed by atoms with Gasteiger partial charge in [-0.05, 0) is 89.9 Å². The van der Waals surface area contributed by atoms with Crippen LogP contribution in [0.4, 0.5) is 0 Å². The molecule has 0 amide bonds. The molecule has 0 aromatic heterocycles. The van der Waals surface area contributed by atoms with Crippen molar-refractivity contribution in [1.82, 2.24) is 0 Å². The molecule has 0 aliphatic rings. The second kappa shape index (κ2) is 67.4. The van der Waals surface area contributed by atoms with Gasteiger partial charge in [0.15, 0.2) is 6.10 Å². The molecule has 1 unspecified atom stereocenters.